The minimum Gasteiger partial charge on any atom is -0.472 e. The molecule has 4 rings (SSSR count). The number of piperidine rings is 1. The van der Waals surface area contributed by atoms with Gasteiger partial charge in [-0.15, -0.1) is 10.2 Å². The summed E-state index contributed by atoms with van der Waals surface area (Å²) in [4.78, 5) is -0.731. The SMILES string of the molecule is O=S(=O)(c1ccccc1C(F)(F)F)N1CCC(c2nnc(-c3ccoc3)o2)CC1. The molecule has 0 unspecified atom stereocenters. The Morgan fingerprint density at radius 2 is 1.79 bits per heavy atom. The summed E-state index contributed by atoms with van der Waals surface area (Å²) in [7, 11) is -4.28. The molecule has 0 aliphatic carbocycles. The molecule has 0 saturated carbocycles. The van der Waals surface area contributed by atoms with Gasteiger partial charge in [0, 0.05) is 19.0 Å². The first-order valence-electron chi connectivity index (χ1n) is 8.79. The smallest absolute Gasteiger partial charge is 0.417 e. The first kappa shape index (κ1) is 19.6. The largest absolute Gasteiger partial charge is 0.472 e. The molecule has 0 spiro atoms. The van der Waals surface area contributed by atoms with Gasteiger partial charge in [-0.25, -0.2) is 8.42 Å². The minimum atomic E-state index is -4.75. The normalized spacial score (nSPS) is 16.9. The second-order valence-corrected chi connectivity index (χ2v) is 8.54. The van der Waals surface area contributed by atoms with Crippen molar-refractivity contribution in [3.63, 3.8) is 0 Å². The highest BCUT2D eigenvalue weighted by molar-refractivity contribution is 7.89. The Bertz CT molecular complexity index is 1090. The van der Waals surface area contributed by atoms with Crippen LogP contribution in [0.3, 0.4) is 0 Å². The highest BCUT2D eigenvalue weighted by atomic mass is 32.2. The van der Waals surface area contributed by atoms with Gasteiger partial charge >= 0.3 is 6.18 Å². The molecule has 3 aromatic rings. The van der Waals surface area contributed by atoms with Crippen LogP contribution in [-0.4, -0.2) is 36.0 Å². The van der Waals surface area contributed by atoms with Crippen LogP contribution in [0.2, 0.25) is 0 Å². The number of nitrogens with zero attached hydrogens (tertiary/aromatic N) is 3. The van der Waals surface area contributed by atoms with Gasteiger partial charge in [0.05, 0.1) is 22.3 Å². The van der Waals surface area contributed by atoms with Crippen LogP contribution in [0.5, 0.6) is 0 Å². The molecule has 0 amide bonds. The van der Waals surface area contributed by atoms with Crippen molar-refractivity contribution in [2.24, 2.45) is 0 Å². The zero-order valence-electron chi connectivity index (χ0n) is 15.0. The lowest BCUT2D eigenvalue weighted by Gasteiger charge is -2.30. The van der Waals surface area contributed by atoms with Crippen molar-refractivity contribution in [1.29, 1.82) is 0 Å². The number of furan rings is 1. The summed E-state index contributed by atoms with van der Waals surface area (Å²) in [6.45, 7) is 0.116. The fraction of sp³-hybridized carbons (Fsp3) is 0.333. The molecule has 1 fully saturated rings. The van der Waals surface area contributed by atoms with Gasteiger partial charge in [0.15, 0.2) is 0 Å². The maximum Gasteiger partial charge on any atom is 0.417 e. The molecule has 1 aromatic carbocycles. The molecule has 0 N–H and O–H groups in total. The van der Waals surface area contributed by atoms with Crippen LogP contribution >= 0.6 is 0 Å². The third-order valence-corrected chi connectivity index (χ3v) is 6.78. The van der Waals surface area contributed by atoms with Crippen LogP contribution < -0.4 is 0 Å². The zero-order chi connectivity index (χ0) is 20.6. The Morgan fingerprint density at radius 3 is 2.45 bits per heavy atom. The summed E-state index contributed by atoms with van der Waals surface area (Å²) in [6.07, 6.45) is -1.10. The second kappa shape index (κ2) is 7.30. The summed E-state index contributed by atoms with van der Waals surface area (Å²) in [5.74, 6) is 0.490. The van der Waals surface area contributed by atoms with E-state index in [2.05, 4.69) is 10.2 Å². The predicted octanol–water partition coefficient (Wildman–Crippen LogP) is 3.92. The molecular weight excluding hydrogens is 411 g/mol. The van der Waals surface area contributed by atoms with Gasteiger partial charge in [-0.3, -0.25) is 0 Å². The number of alkyl halides is 3. The van der Waals surface area contributed by atoms with Crippen LogP contribution in [0.15, 0.2) is 56.6 Å². The van der Waals surface area contributed by atoms with Crippen molar-refractivity contribution in [2.75, 3.05) is 13.1 Å². The van der Waals surface area contributed by atoms with Crippen molar-refractivity contribution < 1.29 is 30.4 Å². The van der Waals surface area contributed by atoms with Crippen molar-refractivity contribution >= 4 is 10.0 Å². The van der Waals surface area contributed by atoms with Crippen LogP contribution in [0.25, 0.3) is 11.5 Å². The molecule has 29 heavy (non-hydrogen) atoms. The average molecular weight is 427 g/mol. The highest BCUT2D eigenvalue weighted by Gasteiger charge is 2.40. The summed E-state index contributed by atoms with van der Waals surface area (Å²) < 4.78 is 77.0. The number of halogens is 3. The molecule has 1 aliphatic heterocycles. The van der Waals surface area contributed by atoms with Gasteiger partial charge in [-0.05, 0) is 31.0 Å². The van der Waals surface area contributed by atoms with E-state index in [9.17, 15) is 21.6 Å². The van der Waals surface area contributed by atoms with E-state index in [1.165, 1.54) is 24.7 Å². The molecule has 2 aromatic heterocycles. The lowest BCUT2D eigenvalue weighted by atomic mass is 9.98. The molecule has 1 saturated heterocycles. The Hall–Kier alpha value is -2.66. The predicted molar refractivity (Wildman–Crippen MR) is 94.2 cm³/mol. The third kappa shape index (κ3) is 3.79. The summed E-state index contributed by atoms with van der Waals surface area (Å²) in [5.41, 5.74) is -0.531. The number of sulfonamides is 1. The Labute approximate surface area is 164 Å². The molecule has 11 heteroatoms. The lowest BCUT2D eigenvalue weighted by molar-refractivity contribution is -0.139. The van der Waals surface area contributed by atoms with Crippen molar-refractivity contribution in [3.8, 4) is 11.5 Å². The van der Waals surface area contributed by atoms with Gasteiger partial charge in [0.2, 0.25) is 15.9 Å². The van der Waals surface area contributed by atoms with E-state index in [-0.39, 0.29) is 19.0 Å². The Morgan fingerprint density at radius 1 is 1.07 bits per heavy atom. The van der Waals surface area contributed by atoms with E-state index in [1.807, 2.05) is 0 Å². The molecule has 0 radical (unpaired) electrons. The van der Waals surface area contributed by atoms with E-state index < -0.39 is 26.7 Å². The van der Waals surface area contributed by atoms with Crippen molar-refractivity contribution in [1.82, 2.24) is 14.5 Å². The van der Waals surface area contributed by atoms with Crippen LogP contribution in [0, 0.1) is 0 Å². The Balaban J connectivity index is 1.50. The summed E-state index contributed by atoms with van der Waals surface area (Å²) in [5, 5.41) is 7.97. The number of hydrogen-bond acceptors (Lipinski definition) is 6. The quantitative estimate of drug-likeness (QED) is 0.627. The molecule has 0 atom stereocenters. The molecule has 7 nitrogen and oxygen atoms in total. The monoisotopic (exact) mass is 427 g/mol. The number of aromatic nitrogens is 2. The topological polar surface area (TPSA) is 89.4 Å². The van der Waals surface area contributed by atoms with Crippen LogP contribution in [-0.2, 0) is 16.2 Å². The average Bonchev–Trinajstić information content (AvgIpc) is 3.39. The van der Waals surface area contributed by atoms with Gasteiger partial charge in [0.1, 0.15) is 6.26 Å². The van der Waals surface area contributed by atoms with Gasteiger partial charge in [-0.1, -0.05) is 12.1 Å². The molecule has 154 valence electrons. The fourth-order valence-corrected chi connectivity index (χ4v) is 4.99. The summed E-state index contributed by atoms with van der Waals surface area (Å²) in [6, 6.07) is 5.88. The molecular formula is C18H16F3N3O4S. The van der Waals surface area contributed by atoms with Crippen molar-refractivity contribution in [2.45, 2.75) is 29.8 Å². The van der Waals surface area contributed by atoms with Gasteiger partial charge in [0.25, 0.3) is 5.89 Å². The third-order valence-electron chi connectivity index (χ3n) is 4.82. The van der Waals surface area contributed by atoms with E-state index in [0.717, 1.165) is 16.4 Å². The molecule has 0 bridgehead atoms. The van der Waals surface area contributed by atoms with E-state index >= 15 is 0 Å². The second-order valence-electron chi connectivity index (χ2n) is 6.63. The van der Waals surface area contributed by atoms with Crippen LogP contribution in [0.4, 0.5) is 13.2 Å². The van der Waals surface area contributed by atoms with Gasteiger partial charge in [-0.2, -0.15) is 17.5 Å². The maximum atomic E-state index is 13.2. The highest BCUT2D eigenvalue weighted by Crippen LogP contribution is 2.37. The number of benzene rings is 1. The molecule has 3 heterocycles. The lowest BCUT2D eigenvalue weighted by Crippen LogP contribution is -2.38. The first-order valence-corrected chi connectivity index (χ1v) is 10.2. The maximum absolute atomic E-state index is 13.2. The zero-order valence-corrected chi connectivity index (χ0v) is 15.8. The van der Waals surface area contributed by atoms with Crippen LogP contribution in [0.1, 0.15) is 30.2 Å². The van der Waals surface area contributed by atoms with Crippen molar-refractivity contribution in [3.05, 3.63) is 54.3 Å². The fourth-order valence-electron chi connectivity index (χ4n) is 3.31. The van der Waals surface area contributed by atoms with E-state index in [1.54, 1.807) is 6.07 Å². The first-order chi connectivity index (χ1) is 13.8. The van der Waals surface area contributed by atoms with E-state index in [0.29, 0.717) is 30.2 Å². The summed E-state index contributed by atoms with van der Waals surface area (Å²) >= 11 is 0. The Kier molecular flexibility index (Phi) is 4.95. The number of rotatable bonds is 4. The van der Waals surface area contributed by atoms with E-state index in [4.69, 9.17) is 8.83 Å². The van der Waals surface area contributed by atoms with Gasteiger partial charge < -0.3 is 8.83 Å². The molecule has 1 aliphatic rings. The number of hydrogen-bond donors (Lipinski definition) is 0. The standard InChI is InChI=1S/C18H16F3N3O4S/c19-18(20,21)14-3-1-2-4-15(14)29(25,26)24-8-5-12(6-9-24)16-22-23-17(28-16)13-7-10-27-11-13/h1-4,7,10-12H,5-6,8-9H2. The minimum absolute atomic E-state index is 0.0581.